The van der Waals surface area contributed by atoms with Crippen molar-refractivity contribution in [3.05, 3.63) is 107 Å². The van der Waals surface area contributed by atoms with E-state index in [1.54, 1.807) is 0 Å². The molecular formula is C29H28N4O. The number of aryl methyl sites for hydroxylation is 2. The number of amides is 1. The number of nitrogens with one attached hydrogen (secondary N) is 1. The number of carbonyl (C=O) groups is 1. The predicted molar refractivity (Wildman–Crippen MR) is 137 cm³/mol. The Morgan fingerprint density at radius 3 is 2.53 bits per heavy atom. The summed E-state index contributed by atoms with van der Waals surface area (Å²) in [4.78, 5) is 18.1. The van der Waals surface area contributed by atoms with Crippen LogP contribution < -0.4 is 5.32 Å². The number of benzene rings is 3. The first-order valence-electron chi connectivity index (χ1n) is 11.7. The van der Waals surface area contributed by atoms with E-state index in [9.17, 15) is 4.79 Å². The first-order valence-corrected chi connectivity index (χ1v) is 11.7. The molecule has 0 radical (unpaired) electrons. The average Bonchev–Trinajstić information content (AvgIpc) is 3.24. The van der Waals surface area contributed by atoms with Crippen LogP contribution in [0.5, 0.6) is 0 Å². The third-order valence-electron chi connectivity index (χ3n) is 6.36. The Balaban J connectivity index is 1.51. The summed E-state index contributed by atoms with van der Waals surface area (Å²) in [5, 5.41) is 11.0. The van der Waals surface area contributed by atoms with Gasteiger partial charge in [0.25, 0.3) is 5.91 Å². The summed E-state index contributed by atoms with van der Waals surface area (Å²) in [6.07, 6.45) is 2.54. The lowest BCUT2D eigenvalue weighted by atomic mass is 10.0. The first-order chi connectivity index (χ1) is 16.5. The lowest BCUT2D eigenvalue weighted by Gasteiger charge is -2.14. The highest BCUT2D eigenvalue weighted by Gasteiger charge is 2.21. The van der Waals surface area contributed by atoms with Crippen LogP contribution in [0.4, 0.5) is 0 Å². The maximum atomic E-state index is 13.4. The van der Waals surface area contributed by atoms with Crippen LogP contribution in [0, 0.1) is 6.92 Å². The van der Waals surface area contributed by atoms with E-state index < -0.39 is 0 Å². The quantitative estimate of drug-likeness (QED) is 0.347. The molecule has 1 N–H and O–H groups in total. The average molecular weight is 449 g/mol. The fourth-order valence-corrected chi connectivity index (χ4v) is 4.47. The molecule has 2 heterocycles. The molecule has 1 atom stereocenters. The maximum Gasteiger partial charge on any atom is 0.272 e. The number of hydrogen-bond acceptors (Lipinski definition) is 3. The second kappa shape index (κ2) is 9.10. The van der Waals surface area contributed by atoms with Crippen LogP contribution in [0.15, 0.2) is 79.0 Å². The topological polar surface area (TPSA) is 59.8 Å². The van der Waals surface area contributed by atoms with E-state index in [1.807, 2.05) is 49.0 Å². The molecule has 0 aliphatic rings. The van der Waals surface area contributed by atoms with Crippen LogP contribution in [0.3, 0.4) is 0 Å². The van der Waals surface area contributed by atoms with Crippen molar-refractivity contribution in [2.75, 3.05) is 0 Å². The van der Waals surface area contributed by atoms with Crippen molar-refractivity contribution in [2.45, 2.75) is 39.8 Å². The van der Waals surface area contributed by atoms with Gasteiger partial charge in [-0.2, -0.15) is 5.10 Å². The molecule has 5 heteroatoms. The van der Waals surface area contributed by atoms with Crippen molar-refractivity contribution in [1.29, 1.82) is 0 Å². The molecule has 0 fully saturated rings. The zero-order valence-corrected chi connectivity index (χ0v) is 19.7. The van der Waals surface area contributed by atoms with E-state index in [0.717, 1.165) is 38.5 Å². The second-order valence-electron chi connectivity index (χ2n) is 8.78. The number of nitrogens with zero attached hydrogens (tertiary/aromatic N) is 3. The van der Waals surface area contributed by atoms with E-state index in [4.69, 9.17) is 5.10 Å². The van der Waals surface area contributed by atoms with Crippen LogP contribution in [0.2, 0.25) is 0 Å². The van der Waals surface area contributed by atoms with Gasteiger partial charge in [0.1, 0.15) is 0 Å². The van der Waals surface area contributed by atoms with Gasteiger partial charge in [-0.3, -0.25) is 14.5 Å². The Bertz CT molecular complexity index is 1480. The number of fused-ring (bicyclic) bond motifs is 2. The fraction of sp³-hybridized carbons (Fsp3) is 0.207. The van der Waals surface area contributed by atoms with Crippen molar-refractivity contribution >= 4 is 27.6 Å². The van der Waals surface area contributed by atoms with Crippen molar-refractivity contribution in [2.24, 2.45) is 0 Å². The second-order valence-corrected chi connectivity index (χ2v) is 8.78. The van der Waals surface area contributed by atoms with Gasteiger partial charge in [0, 0.05) is 35.6 Å². The van der Waals surface area contributed by atoms with Crippen molar-refractivity contribution in [3.8, 4) is 0 Å². The molecule has 170 valence electrons. The van der Waals surface area contributed by atoms with Crippen molar-refractivity contribution in [3.63, 3.8) is 0 Å². The molecule has 3 aromatic carbocycles. The molecule has 0 aliphatic carbocycles. The largest absolute Gasteiger partial charge is 0.344 e. The molecule has 0 saturated carbocycles. The molecule has 2 aromatic heterocycles. The molecule has 5 nitrogen and oxygen atoms in total. The van der Waals surface area contributed by atoms with Crippen LogP contribution in [0.25, 0.3) is 21.7 Å². The summed E-state index contributed by atoms with van der Waals surface area (Å²) in [5.74, 6) is -0.163. The number of carbonyl (C=O) groups excluding carboxylic acids is 1. The molecule has 0 saturated heterocycles. The van der Waals surface area contributed by atoms with Gasteiger partial charge < -0.3 is 5.32 Å². The molecule has 0 unspecified atom stereocenters. The van der Waals surface area contributed by atoms with E-state index in [0.29, 0.717) is 18.7 Å². The third-order valence-corrected chi connectivity index (χ3v) is 6.36. The monoisotopic (exact) mass is 448 g/mol. The number of rotatable bonds is 6. The highest BCUT2D eigenvalue weighted by atomic mass is 16.2. The summed E-state index contributed by atoms with van der Waals surface area (Å²) < 4.78 is 1.90. The lowest BCUT2D eigenvalue weighted by Crippen LogP contribution is -2.27. The minimum absolute atomic E-state index is 0.121. The molecule has 5 aromatic rings. The lowest BCUT2D eigenvalue weighted by molar-refractivity contribution is 0.0935. The van der Waals surface area contributed by atoms with Crippen LogP contribution in [0.1, 0.15) is 52.8 Å². The normalized spacial score (nSPS) is 12.2. The SMILES string of the molecule is CCn1nc(C(=O)N[C@@H](C)c2ccc(C)cc2)c2c(Cc3cc4ccccc4cn3)cccc21. The van der Waals surface area contributed by atoms with Gasteiger partial charge in [-0.05, 0) is 49.4 Å². The van der Waals surface area contributed by atoms with E-state index >= 15 is 0 Å². The molecule has 0 aliphatic heterocycles. The summed E-state index contributed by atoms with van der Waals surface area (Å²) in [5.41, 5.74) is 5.71. The first kappa shape index (κ1) is 21.8. The molecule has 1 amide bonds. The smallest absolute Gasteiger partial charge is 0.272 e. The van der Waals surface area contributed by atoms with Gasteiger partial charge in [-0.1, -0.05) is 66.2 Å². The summed E-state index contributed by atoms with van der Waals surface area (Å²) in [6.45, 7) is 6.79. The number of aromatic nitrogens is 3. The molecule has 0 spiro atoms. The zero-order valence-electron chi connectivity index (χ0n) is 19.7. The highest BCUT2D eigenvalue weighted by Crippen LogP contribution is 2.27. The molecular weight excluding hydrogens is 420 g/mol. The van der Waals surface area contributed by atoms with E-state index in [1.165, 1.54) is 5.56 Å². The Morgan fingerprint density at radius 1 is 1.00 bits per heavy atom. The van der Waals surface area contributed by atoms with Crippen LogP contribution >= 0.6 is 0 Å². The van der Waals surface area contributed by atoms with Crippen molar-refractivity contribution in [1.82, 2.24) is 20.1 Å². The van der Waals surface area contributed by atoms with Crippen LogP contribution in [-0.2, 0) is 13.0 Å². The van der Waals surface area contributed by atoms with E-state index in [2.05, 4.69) is 65.8 Å². The molecule has 34 heavy (non-hydrogen) atoms. The summed E-state index contributed by atoms with van der Waals surface area (Å²) in [6, 6.07) is 24.6. The maximum absolute atomic E-state index is 13.4. The summed E-state index contributed by atoms with van der Waals surface area (Å²) >= 11 is 0. The van der Waals surface area contributed by atoms with Crippen LogP contribution in [-0.4, -0.2) is 20.7 Å². The predicted octanol–water partition coefficient (Wildman–Crippen LogP) is 5.99. The summed E-state index contributed by atoms with van der Waals surface area (Å²) in [7, 11) is 0. The van der Waals surface area contributed by atoms with Gasteiger partial charge in [0.15, 0.2) is 5.69 Å². The van der Waals surface area contributed by atoms with Gasteiger partial charge in [0.05, 0.1) is 11.6 Å². The van der Waals surface area contributed by atoms with Crippen molar-refractivity contribution < 1.29 is 4.79 Å². The third kappa shape index (κ3) is 4.17. The van der Waals surface area contributed by atoms with Gasteiger partial charge >= 0.3 is 0 Å². The molecule has 0 bridgehead atoms. The minimum atomic E-state index is -0.163. The number of pyridine rings is 1. The van der Waals surface area contributed by atoms with Gasteiger partial charge in [0.2, 0.25) is 0 Å². The molecule has 5 rings (SSSR count). The highest BCUT2D eigenvalue weighted by molar-refractivity contribution is 6.06. The Morgan fingerprint density at radius 2 is 1.76 bits per heavy atom. The minimum Gasteiger partial charge on any atom is -0.344 e. The Kier molecular flexibility index (Phi) is 5.84. The van der Waals surface area contributed by atoms with Gasteiger partial charge in [-0.25, -0.2) is 0 Å². The Hall–Kier alpha value is -3.99. The standard InChI is InChI=1S/C29H28N4O/c1-4-33-26-11-7-10-23(17-25-16-22-8-5-6-9-24(22)18-30-25)27(26)28(32-33)29(34)31-20(3)21-14-12-19(2)13-15-21/h5-16,18,20H,4,17H2,1-3H3,(H,31,34)/t20-/m0/s1. The Labute approximate surface area is 199 Å². The number of hydrogen-bond donors (Lipinski definition) is 1. The van der Waals surface area contributed by atoms with Gasteiger partial charge in [-0.15, -0.1) is 0 Å². The zero-order chi connectivity index (χ0) is 23.7. The van der Waals surface area contributed by atoms with E-state index in [-0.39, 0.29) is 11.9 Å². The fourth-order valence-electron chi connectivity index (χ4n) is 4.47.